The van der Waals surface area contributed by atoms with Crippen LogP contribution < -0.4 is 5.73 Å². The largest absolute Gasteiger partial charge is 0.388 e. The van der Waals surface area contributed by atoms with Crippen LogP contribution in [0.1, 0.15) is 44.3 Å². The van der Waals surface area contributed by atoms with Crippen molar-refractivity contribution in [2.75, 3.05) is 5.75 Å². The zero-order chi connectivity index (χ0) is 12.8. The van der Waals surface area contributed by atoms with Gasteiger partial charge in [-0.05, 0) is 25.7 Å². The number of hydrogen-bond acceptors (Lipinski definition) is 4. The monoisotopic (exact) mass is 267 g/mol. The molecule has 0 unspecified atom stereocenters. The van der Waals surface area contributed by atoms with Gasteiger partial charge in [-0.2, -0.15) is 0 Å². The molecule has 100 valence electrons. The summed E-state index contributed by atoms with van der Waals surface area (Å²) in [7, 11) is 0. The van der Waals surface area contributed by atoms with Crippen molar-refractivity contribution in [3.8, 4) is 0 Å². The number of unbranched alkanes of at least 4 members (excludes halogenated alkanes) is 1. The van der Waals surface area contributed by atoms with Crippen molar-refractivity contribution in [2.45, 2.75) is 56.6 Å². The first-order valence-corrected chi connectivity index (χ1v) is 7.63. The molecule has 6 heteroatoms. The molecule has 0 saturated heterocycles. The lowest BCUT2D eigenvalue weighted by Gasteiger charge is -2.06. The van der Waals surface area contributed by atoms with Gasteiger partial charge in [0.1, 0.15) is 5.82 Å². The molecule has 0 fully saturated rings. The number of rotatable bonds is 6. The van der Waals surface area contributed by atoms with Crippen molar-refractivity contribution in [1.82, 2.24) is 14.8 Å². The number of nitrogens with one attached hydrogen (secondary N) is 1. The second-order valence-corrected chi connectivity index (χ2v) is 5.75. The van der Waals surface area contributed by atoms with E-state index >= 15 is 0 Å². The molecule has 1 aromatic rings. The van der Waals surface area contributed by atoms with Crippen molar-refractivity contribution in [3.63, 3.8) is 0 Å². The van der Waals surface area contributed by atoms with Gasteiger partial charge in [0.15, 0.2) is 5.16 Å². The number of nitrogens with two attached hydrogens (primary N) is 1. The first-order chi connectivity index (χ1) is 8.77. The molecule has 1 aliphatic heterocycles. The third kappa shape index (κ3) is 3.73. The number of fused-ring (bicyclic) bond motifs is 1. The molecule has 0 aliphatic carbocycles. The molecule has 0 amide bonds. The molecular weight excluding hydrogens is 246 g/mol. The van der Waals surface area contributed by atoms with Gasteiger partial charge >= 0.3 is 0 Å². The van der Waals surface area contributed by atoms with Crippen LogP contribution in [-0.2, 0) is 13.0 Å². The number of aromatic nitrogens is 3. The molecule has 0 saturated carbocycles. The molecule has 2 heterocycles. The topological polar surface area (TPSA) is 80.6 Å². The maximum atomic E-state index is 7.16. The fourth-order valence-corrected chi connectivity index (χ4v) is 3.13. The number of thioether (sulfide) groups is 1. The van der Waals surface area contributed by atoms with E-state index in [-0.39, 0.29) is 5.84 Å². The molecule has 2 rings (SSSR count). The predicted molar refractivity (Wildman–Crippen MR) is 74.1 cm³/mol. The van der Waals surface area contributed by atoms with Gasteiger partial charge in [0.2, 0.25) is 0 Å². The van der Waals surface area contributed by atoms with E-state index in [1.807, 2.05) is 0 Å². The first-order valence-electron chi connectivity index (χ1n) is 6.65. The average molecular weight is 267 g/mol. The normalized spacial score (nSPS) is 15.1. The zero-order valence-electron chi connectivity index (χ0n) is 10.7. The van der Waals surface area contributed by atoms with E-state index in [1.165, 1.54) is 19.3 Å². The number of hydrogen-bond donors (Lipinski definition) is 2. The van der Waals surface area contributed by atoms with Crippen molar-refractivity contribution < 1.29 is 0 Å². The zero-order valence-corrected chi connectivity index (χ0v) is 11.5. The minimum Gasteiger partial charge on any atom is -0.388 e. The van der Waals surface area contributed by atoms with Crippen molar-refractivity contribution in [1.29, 1.82) is 5.41 Å². The van der Waals surface area contributed by atoms with E-state index in [1.54, 1.807) is 11.8 Å². The summed E-state index contributed by atoms with van der Waals surface area (Å²) in [6.45, 7) is 1.07. The maximum absolute atomic E-state index is 7.16. The van der Waals surface area contributed by atoms with Crippen molar-refractivity contribution >= 4 is 17.6 Å². The van der Waals surface area contributed by atoms with E-state index in [9.17, 15) is 0 Å². The third-order valence-corrected chi connectivity index (χ3v) is 4.20. The van der Waals surface area contributed by atoms with Gasteiger partial charge in [-0.3, -0.25) is 5.41 Å². The van der Waals surface area contributed by atoms with Crippen LogP contribution in [-0.4, -0.2) is 26.4 Å². The van der Waals surface area contributed by atoms with Crippen LogP contribution in [0.15, 0.2) is 5.16 Å². The van der Waals surface area contributed by atoms with E-state index in [0.29, 0.717) is 6.42 Å². The molecule has 3 N–H and O–H groups in total. The summed E-state index contributed by atoms with van der Waals surface area (Å²) < 4.78 is 2.28. The molecule has 0 bridgehead atoms. The lowest BCUT2D eigenvalue weighted by molar-refractivity contribution is 0.590. The summed E-state index contributed by atoms with van der Waals surface area (Å²) in [6.07, 6.45) is 7.61. The van der Waals surface area contributed by atoms with Crippen LogP contribution in [0.4, 0.5) is 0 Å². The molecule has 0 aromatic carbocycles. The van der Waals surface area contributed by atoms with Gasteiger partial charge in [0, 0.05) is 25.1 Å². The van der Waals surface area contributed by atoms with Crippen molar-refractivity contribution in [3.05, 3.63) is 5.82 Å². The lowest BCUT2D eigenvalue weighted by Crippen LogP contribution is -2.08. The summed E-state index contributed by atoms with van der Waals surface area (Å²) in [5.41, 5.74) is 5.33. The smallest absolute Gasteiger partial charge is 0.191 e. The van der Waals surface area contributed by atoms with Gasteiger partial charge in [-0.1, -0.05) is 18.2 Å². The summed E-state index contributed by atoms with van der Waals surface area (Å²) in [4.78, 5) is 0. The Bertz CT molecular complexity index is 401. The molecule has 0 spiro atoms. The quantitative estimate of drug-likeness (QED) is 0.358. The summed E-state index contributed by atoms with van der Waals surface area (Å²) in [5, 5.41) is 16.8. The van der Waals surface area contributed by atoms with Gasteiger partial charge in [0.05, 0.1) is 5.84 Å². The highest BCUT2D eigenvalue weighted by molar-refractivity contribution is 7.99. The predicted octanol–water partition coefficient (Wildman–Crippen LogP) is 2.20. The van der Waals surface area contributed by atoms with Gasteiger partial charge in [-0.25, -0.2) is 0 Å². The summed E-state index contributed by atoms with van der Waals surface area (Å²) in [5.74, 6) is 2.47. The average Bonchev–Trinajstić information content (AvgIpc) is 2.58. The molecule has 1 aromatic heterocycles. The van der Waals surface area contributed by atoms with E-state index in [2.05, 4.69) is 14.8 Å². The fraction of sp³-hybridized carbons (Fsp3) is 0.750. The second kappa shape index (κ2) is 6.78. The van der Waals surface area contributed by atoms with Gasteiger partial charge < -0.3 is 10.3 Å². The molecule has 0 atom stereocenters. The van der Waals surface area contributed by atoms with Crippen LogP contribution in [0, 0.1) is 5.41 Å². The van der Waals surface area contributed by atoms with Crippen LogP contribution in [0.2, 0.25) is 0 Å². The number of aryl methyl sites for hydroxylation is 1. The Morgan fingerprint density at radius 1 is 1.28 bits per heavy atom. The molecular formula is C12H21N5S. The Labute approximate surface area is 112 Å². The highest BCUT2D eigenvalue weighted by Gasteiger charge is 2.14. The Morgan fingerprint density at radius 3 is 3.00 bits per heavy atom. The number of amidine groups is 1. The SMILES string of the molecule is N=C(N)CCCCSc1nnc2n1CCCCC2. The van der Waals surface area contributed by atoms with E-state index in [4.69, 9.17) is 11.1 Å². The van der Waals surface area contributed by atoms with Crippen LogP contribution >= 0.6 is 11.8 Å². The van der Waals surface area contributed by atoms with Gasteiger partial charge in [0.25, 0.3) is 0 Å². The highest BCUT2D eigenvalue weighted by Crippen LogP contribution is 2.22. The van der Waals surface area contributed by atoms with Crippen LogP contribution in [0.5, 0.6) is 0 Å². The van der Waals surface area contributed by atoms with Crippen LogP contribution in [0.3, 0.4) is 0 Å². The Hall–Kier alpha value is -1.04. The third-order valence-electron chi connectivity index (χ3n) is 3.15. The first kappa shape index (κ1) is 13.4. The second-order valence-electron chi connectivity index (χ2n) is 4.69. The Morgan fingerprint density at radius 2 is 2.17 bits per heavy atom. The molecule has 5 nitrogen and oxygen atoms in total. The molecule has 0 radical (unpaired) electrons. The molecule has 18 heavy (non-hydrogen) atoms. The fourth-order valence-electron chi connectivity index (χ4n) is 2.15. The van der Waals surface area contributed by atoms with Crippen molar-refractivity contribution in [2.24, 2.45) is 5.73 Å². The Balaban J connectivity index is 1.79. The van der Waals surface area contributed by atoms with Gasteiger partial charge in [-0.15, -0.1) is 10.2 Å². The number of nitrogens with zero attached hydrogens (tertiary/aromatic N) is 3. The summed E-state index contributed by atoms with van der Waals surface area (Å²) in [6, 6.07) is 0. The van der Waals surface area contributed by atoms with Crippen LogP contribution in [0.25, 0.3) is 0 Å². The maximum Gasteiger partial charge on any atom is 0.191 e. The molecule has 1 aliphatic rings. The minimum absolute atomic E-state index is 0.288. The Kier molecular flexibility index (Phi) is 5.04. The lowest BCUT2D eigenvalue weighted by atomic mass is 10.2. The standard InChI is InChI=1S/C12H21N5S/c13-10(14)6-3-5-9-18-12-16-15-11-7-2-1-4-8-17(11)12/h1-9H2,(H3,13,14). The highest BCUT2D eigenvalue weighted by atomic mass is 32.2. The van der Waals surface area contributed by atoms with E-state index < -0.39 is 0 Å². The minimum atomic E-state index is 0.288. The van der Waals surface area contributed by atoms with E-state index in [0.717, 1.165) is 42.5 Å². The summed E-state index contributed by atoms with van der Waals surface area (Å²) >= 11 is 1.78.